The molecule has 0 radical (unpaired) electrons. The van der Waals surface area contributed by atoms with Gasteiger partial charge in [0, 0.05) is 28.0 Å². The van der Waals surface area contributed by atoms with Crippen molar-refractivity contribution < 1.29 is 9.13 Å². The summed E-state index contributed by atoms with van der Waals surface area (Å²) >= 11 is 0. The lowest BCUT2D eigenvalue weighted by Crippen LogP contribution is -2.00. The number of aromatic nitrogens is 2. The maximum atomic E-state index is 13.9. The smallest absolute Gasteiger partial charge is 0.128 e. The molecular formula is C22H22FN3O. The number of hydrogen-bond donors (Lipinski definition) is 2. The van der Waals surface area contributed by atoms with Gasteiger partial charge in [0.15, 0.2) is 0 Å². The molecule has 4 aromatic rings. The number of unbranched alkanes of at least 4 members (excludes halogenated alkanes) is 1. The number of benzene rings is 2. The van der Waals surface area contributed by atoms with Crippen molar-refractivity contribution in [2.24, 2.45) is 5.73 Å². The zero-order valence-electron chi connectivity index (χ0n) is 15.3. The summed E-state index contributed by atoms with van der Waals surface area (Å²) in [5.41, 5.74) is 10.5. The number of H-pyrrole nitrogens is 1. The van der Waals surface area contributed by atoms with E-state index in [1.807, 2.05) is 24.3 Å². The van der Waals surface area contributed by atoms with Gasteiger partial charge in [0.25, 0.3) is 0 Å². The van der Waals surface area contributed by atoms with Crippen LogP contribution in [0.5, 0.6) is 5.75 Å². The molecule has 0 aliphatic rings. The van der Waals surface area contributed by atoms with Crippen LogP contribution in [0, 0.1) is 5.82 Å². The van der Waals surface area contributed by atoms with Crippen molar-refractivity contribution in [3.8, 4) is 17.0 Å². The molecule has 0 unspecified atom stereocenters. The summed E-state index contributed by atoms with van der Waals surface area (Å²) in [6, 6.07) is 12.7. The predicted molar refractivity (Wildman–Crippen MR) is 108 cm³/mol. The van der Waals surface area contributed by atoms with Crippen molar-refractivity contribution in [2.75, 3.05) is 13.7 Å². The number of halogens is 1. The third-order valence-corrected chi connectivity index (χ3v) is 4.97. The van der Waals surface area contributed by atoms with Crippen LogP contribution in [0.25, 0.3) is 33.1 Å². The summed E-state index contributed by atoms with van der Waals surface area (Å²) in [4.78, 5) is 7.97. The highest BCUT2D eigenvalue weighted by Gasteiger charge is 2.19. The number of rotatable bonds is 6. The monoisotopic (exact) mass is 363 g/mol. The fourth-order valence-electron chi connectivity index (χ4n) is 3.70. The zero-order valence-corrected chi connectivity index (χ0v) is 15.3. The summed E-state index contributed by atoms with van der Waals surface area (Å²) in [7, 11) is 1.66. The first kappa shape index (κ1) is 17.5. The number of methoxy groups -OCH3 is 1. The van der Waals surface area contributed by atoms with Gasteiger partial charge in [-0.1, -0.05) is 6.07 Å². The molecule has 4 nitrogen and oxygen atoms in total. The molecule has 4 rings (SSSR count). The van der Waals surface area contributed by atoms with E-state index in [1.54, 1.807) is 25.4 Å². The molecule has 3 N–H and O–H groups in total. The zero-order chi connectivity index (χ0) is 18.8. The Morgan fingerprint density at radius 3 is 2.81 bits per heavy atom. The van der Waals surface area contributed by atoms with Crippen LogP contribution in [0.15, 0.2) is 48.7 Å². The number of aromatic amines is 1. The summed E-state index contributed by atoms with van der Waals surface area (Å²) < 4.78 is 19.6. The lowest BCUT2D eigenvalue weighted by Gasteiger charge is -2.13. The van der Waals surface area contributed by atoms with Gasteiger partial charge in [0.1, 0.15) is 11.6 Å². The number of fused-ring (bicyclic) bond motifs is 2. The van der Waals surface area contributed by atoms with Crippen LogP contribution in [0.4, 0.5) is 4.39 Å². The molecule has 0 aliphatic heterocycles. The fraction of sp³-hybridized carbons (Fsp3) is 0.227. The standard InChI is InChI=1S/C22H22FN3O/c1-27-20-10-9-18-16(6-4-12-25-18)21(20)22-15(5-2-3-11-24)17-13-14(23)7-8-19(17)26-22/h4,6-10,12-13,26H,2-3,5,11,24H2,1H3. The van der Waals surface area contributed by atoms with Crippen molar-refractivity contribution in [1.29, 1.82) is 0 Å². The van der Waals surface area contributed by atoms with E-state index in [9.17, 15) is 4.39 Å². The average Bonchev–Trinajstić information content (AvgIpc) is 3.04. The van der Waals surface area contributed by atoms with Crippen molar-refractivity contribution in [3.05, 3.63) is 60.0 Å². The molecule has 0 amide bonds. The van der Waals surface area contributed by atoms with Crippen molar-refractivity contribution in [3.63, 3.8) is 0 Å². The van der Waals surface area contributed by atoms with Gasteiger partial charge < -0.3 is 15.5 Å². The number of aryl methyl sites for hydroxylation is 1. The normalized spacial score (nSPS) is 11.4. The Morgan fingerprint density at radius 2 is 2.00 bits per heavy atom. The van der Waals surface area contributed by atoms with Gasteiger partial charge >= 0.3 is 0 Å². The second-order valence-electron chi connectivity index (χ2n) is 6.63. The Morgan fingerprint density at radius 1 is 1.11 bits per heavy atom. The molecule has 5 heteroatoms. The average molecular weight is 363 g/mol. The number of hydrogen-bond acceptors (Lipinski definition) is 3. The van der Waals surface area contributed by atoms with E-state index in [0.29, 0.717) is 6.54 Å². The highest BCUT2D eigenvalue weighted by atomic mass is 19.1. The van der Waals surface area contributed by atoms with Crippen LogP contribution in [-0.2, 0) is 6.42 Å². The van der Waals surface area contributed by atoms with Crippen molar-refractivity contribution >= 4 is 21.8 Å². The number of nitrogens with zero attached hydrogens (tertiary/aromatic N) is 1. The number of nitrogens with one attached hydrogen (secondary N) is 1. The Balaban J connectivity index is 2.01. The SMILES string of the molecule is COc1ccc2ncccc2c1-c1[nH]c2ccc(F)cc2c1CCCCN. The topological polar surface area (TPSA) is 63.9 Å². The van der Waals surface area contributed by atoms with Crippen LogP contribution in [0.1, 0.15) is 18.4 Å². The Kier molecular flexibility index (Phi) is 4.77. The molecule has 0 saturated heterocycles. The second kappa shape index (κ2) is 7.37. The van der Waals surface area contributed by atoms with Gasteiger partial charge in [-0.15, -0.1) is 0 Å². The molecule has 27 heavy (non-hydrogen) atoms. The third kappa shape index (κ3) is 3.15. The van der Waals surface area contributed by atoms with Gasteiger partial charge in [-0.3, -0.25) is 4.98 Å². The molecular weight excluding hydrogens is 341 g/mol. The van der Waals surface area contributed by atoms with Crippen molar-refractivity contribution in [2.45, 2.75) is 19.3 Å². The van der Waals surface area contributed by atoms with Crippen LogP contribution < -0.4 is 10.5 Å². The fourth-order valence-corrected chi connectivity index (χ4v) is 3.70. The molecule has 0 bridgehead atoms. The van der Waals surface area contributed by atoms with Gasteiger partial charge in [0.2, 0.25) is 0 Å². The predicted octanol–water partition coefficient (Wildman–Crippen LogP) is 4.81. The molecule has 2 aromatic carbocycles. The minimum absolute atomic E-state index is 0.236. The molecule has 0 fully saturated rings. The molecule has 2 heterocycles. The highest BCUT2D eigenvalue weighted by Crippen LogP contribution is 2.40. The van der Waals surface area contributed by atoms with E-state index in [4.69, 9.17) is 10.5 Å². The minimum atomic E-state index is -0.236. The van der Waals surface area contributed by atoms with Crippen molar-refractivity contribution in [1.82, 2.24) is 9.97 Å². The lowest BCUT2D eigenvalue weighted by atomic mass is 9.97. The maximum Gasteiger partial charge on any atom is 0.128 e. The summed E-state index contributed by atoms with van der Waals surface area (Å²) in [6.45, 7) is 0.646. The minimum Gasteiger partial charge on any atom is -0.496 e. The van der Waals surface area contributed by atoms with Gasteiger partial charge in [-0.2, -0.15) is 0 Å². The summed E-state index contributed by atoms with van der Waals surface area (Å²) in [5, 5.41) is 1.91. The molecule has 0 spiro atoms. The first-order valence-corrected chi connectivity index (χ1v) is 9.15. The van der Waals surface area contributed by atoms with Gasteiger partial charge in [-0.05, 0) is 67.8 Å². The molecule has 0 saturated carbocycles. The van der Waals surface area contributed by atoms with E-state index < -0.39 is 0 Å². The third-order valence-electron chi connectivity index (χ3n) is 4.97. The van der Waals surface area contributed by atoms with E-state index >= 15 is 0 Å². The first-order valence-electron chi connectivity index (χ1n) is 9.15. The first-order chi connectivity index (χ1) is 13.2. The second-order valence-corrected chi connectivity index (χ2v) is 6.63. The molecule has 0 atom stereocenters. The number of ether oxygens (including phenoxy) is 1. The number of pyridine rings is 1. The quantitative estimate of drug-likeness (QED) is 0.483. The number of nitrogens with two attached hydrogens (primary N) is 1. The van der Waals surface area contributed by atoms with Crippen LogP contribution >= 0.6 is 0 Å². The van der Waals surface area contributed by atoms with E-state index in [1.165, 1.54) is 6.07 Å². The largest absolute Gasteiger partial charge is 0.496 e. The molecule has 2 aromatic heterocycles. The Bertz CT molecular complexity index is 1100. The van der Waals surface area contributed by atoms with Gasteiger partial charge in [-0.25, -0.2) is 4.39 Å². The molecule has 138 valence electrons. The van der Waals surface area contributed by atoms with E-state index in [-0.39, 0.29) is 5.82 Å². The molecule has 0 aliphatic carbocycles. The Labute approximate surface area is 157 Å². The highest BCUT2D eigenvalue weighted by molar-refractivity contribution is 6.02. The maximum absolute atomic E-state index is 13.9. The van der Waals surface area contributed by atoms with Gasteiger partial charge in [0.05, 0.1) is 18.3 Å². The Hall–Kier alpha value is -2.92. The van der Waals surface area contributed by atoms with Crippen LogP contribution in [0.2, 0.25) is 0 Å². The lowest BCUT2D eigenvalue weighted by molar-refractivity contribution is 0.417. The van der Waals surface area contributed by atoms with E-state index in [2.05, 4.69) is 9.97 Å². The summed E-state index contributed by atoms with van der Waals surface area (Å²) in [5.74, 6) is 0.530. The van der Waals surface area contributed by atoms with E-state index in [0.717, 1.165) is 63.6 Å². The van der Waals surface area contributed by atoms with Crippen LogP contribution in [0.3, 0.4) is 0 Å². The van der Waals surface area contributed by atoms with Crippen LogP contribution in [-0.4, -0.2) is 23.6 Å². The summed E-state index contributed by atoms with van der Waals surface area (Å²) in [6.07, 6.45) is 4.46.